The third kappa shape index (κ3) is 4.28. The third-order valence-electron chi connectivity index (χ3n) is 7.22. The Balaban J connectivity index is 0.00000205. The van der Waals surface area contributed by atoms with E-state index in [1.54, 1.807) is 0 Å². The van der Waals surface area contributed by atoms with E-state index in [0.717, 1.165) is 49.5 Å². The normalized spacial score (nSPS) is 26.5. The molecule has 1 N–H and O–H groups in total. The molecule has 0 amide bonds. The maximum atomic E-state index is 12.7. The number of nitrogens with one attached hydrogen (secondary N) is 1. The highest BCUT2D eigenvalue weighted by atomic mass is 35.5. The number of piperidine rings is 1. The molecule has 0 radical (unpaired) electrons. The molecule has 1 aliphatic heterocycles. The van der Waals surface area contributed by atoms with E-state index in [0.29, 0.717) is 18.2 Å². The highest BCUT2D eigenvalue weighted by molar-refractivity contribution is 5.85. The number of hydrogen-bond donors (Lipinski definition) is 1. The lowest BCUT2D eigenvalue weighted by atomic mass is 9.90. The fourth-order valence-corrected chi connectivity index (χ4v) is 5.49. The lowest BCUT2D eigenvalue weighted by Gasteiger charge is -2.41. The summed E-state index contributed by atoms with van der Waals surface area (Å²) in [5.74, 6) is 0.719. The smallest absolute Gasteiger partial charge is 0.326 e. The molecule has 2 aliphatic carbocycles. The number of imidazole rings is 1. The summed E-state index contributed by atoms with van der Waals surface area (Å²) in [7, 11) is 0. The zero-order valence-corrected chi connectivity index (χ0v) is 18.3. The van der Waals surface area contributed by atoms with Crippen LogP contribution in [0.3, 0.4) is 0 Å². The quantitative estimate of drug-likeness (QED) is 0.769. The summed E-state index contributed by atoms with van der Waals surface area (Å²) >= 11 is 0. The second-order valence-corrected chi connectivity index (χ2v) is 9.00. The van der Waals surface area contributed by atoms with Crippen LogP contribution in [0.1, 0.15) is 75.8 Å². The molecular weight excluding hydrogens is 386 g/mol. The van der Waals surface area contributed by atoms with Gasteiger partial charge in [-0.25, -0.2) is 4.79 Å². The number of likely N-dealkylation sites (tertiary alicyclic amines) is 1. The second-order valence-electron chi connectivity index (χ2n) is 9.00. The van der Waals surface area contributed by atoms with Crippen molar-refractivity contribution in [3.8, 4) is 0 Å². The summed E-state index contributed by atoms with van der Waals surface area (Å²) in [5.41, 5.74) is 3.58. The first-order chi connectivity index (χ1) is 13.7. The zero-order chi connectivity index (χ0) is 19.1. The fraction of sp³-hybridized carbons (Fsp3) is 0.696. The van der Waals surface area contributed by atoms with Crippen LogP contribution in [0.2, 0.25) is 0 Å². The van der Waals surface area contributed by atoms with E-state index in [1.807, 2.05) is 0 Å². The van der Waals surface area contributed by atoms with Crippen molar-refractivity contribution < 1.29 is 4.74 Å². The molecule has 1 saturated heterocycles. The van der Waals surface area contributed by atoms with Crippen LogP contribution in [0, 0.1) is 0 Å². The number of benzene rings is 1. The number of halogens is 1. The van der Waals surface area contributed by atoms with E-state index in [-0.39, 0.29) is 18.1 Å². The van der Waals surface area contributed by atoms with Gasteiger partial charge in [0.25, 0.3) is 0 Å². The Bertz CT molecular complexity index is 872. The topological polar surface area (TPSA) is 50.3 Å². The monoisotopic (exact) mass is 419 g/mol. The third-order valence-corrected chi connectivity index (χ3v) is 7.22. The average molecular weight is 420 g/mol. The Labute approximate surface area is 179 Å². The summed E-state index contributed by atoms with van der Waals surface area (Å²) in [6, 6.07) is 7.60. The number of ether oxygens (including phenoxy) is 1. The van der Waals surface area contributed by atoms with Gasteiger partial charge < -0.3 is 14.6 Å². The van der Waals surface area contributed by atoms with Crippen LogP contribution in [0.15, 0.2) is 23.0 Å². The van der Waals surface area contributed by atoms with Crippen LogP contribution in [-0.2, 0) is 4.74 Å². The van der Waals surface area contributed by atoms with Gasteiger partial charge >= 0.3 is 5.69 Å². The Morgan fingerprint density at radius 2 is 1.72 bits per heavy atom. The first-order valence-electron chi connectivity index (χ1n) is 11.3. The van der Waals surface area contributed by atoms with Crippen molar-refractivity contribution in [3.05, 3.63) is 34.2 Å². The summed E-state index contributed by atoms with van der Waals surface area (Å²) < 4.78 is 7.87. The van der Waals surface area contributed by atoms with Gasteiger partial charge in [0.2, 0.25) is 0 Å². The van der Waals surface area contributed by atoms with E-state index in [1.165, 1.54) is 44.1 Å². The molecule has 29 heavy (non-hydrogen) atoms. The van der Waals surface area contributed by atoms with Gasteiger partial charge in [-0.1, -0.05) is 6.07 Å². The van der Waals surface area contributed by atoms with Crippen molar-refractivity contribution in [3.63, 3.8) is 0 Å². The Morgan fingerprint density at radius 3 is 2.38 bits per heavy atom. The number of aromatic nitrogens is 2. The maximum Gasteiger partial charge on any atom is 0.326 e. The van der Waals surface area contributed by atoms with Crippen molar-refractivity contribution in [2.24, 2.45) is 0 Å². The first-order valence-corrected chi connectivity index (χ1v) is 11.3. The number of H-pyrrole nitrogens is 1. The van der Waals surface area contributed by atoms with E-state index in [2.05, 4.69) is 39.6 Å². The maximum absolute atomic E-state index is 12.7. The molecule has 6 heteroatoms. The lowest BCUT2D eigenvalue weighted by molar-refractivity contribution is 0.00796. The summed E-state index contributed by atoms with van der Waals surface area (Å²) in [6.45, 7) is 5.14. The standard InChI is InChI=1S/C23H33N3O2.ClH/c1-2-28-20-8-6-18(7-9-20)25-13-11-19(12-14-25)26-22-15-17(16-3-4-16)5-10-21(22)24-23(26)27;/h5,10,15-16,18-20H,2-4,6-9,11-14H2,1H3,(H,24,27);1H/t18-,20-;. The van der Waals surface area contributed by atoms with E-state index >= 15 is 0 Å². The minimum Gasteiger partial charge on any atom is -0.379 e. The van der Waals surface area contributed by atoms with Crippen molar-refractivity contribution in [1.82, 2.24) is 14.5 Å². The first kappa shape index (κ1) is 21.0. The number of nitrogens with zero attached hydrogens (tertiary/aromatic N) is 2. The van der Waals surface area contributed by atoms with Crippen molar-refractivity contribution in [2.75, 3.05) is 19.7 Å². The highest BCUT2D eigenvalue weighted by Crippen LogP contribution is 2.41. The van der Waals surface area contributed by atoms with Gasteiger partial charge in [0.15, 0.2) is 0 Å². The molecule has 3 fully saturated rings. The molecular formula is C23H34ClN3O2. The van der Waals surface area contributed by atoms with Crippen LogP contribution in [-0.4, -0.2) is 46.3 Å². The molecule has 5 rings (SSSR count). The van der Waals surface area contributed by atoms with E-state index in [9.17, 15) is 4.79 Å². The average Bonchev–Trinajstić information content (AvgIpc) is 3.51. The predicted molar refractivity (Wildman–Crippen MR) is 119 cm³/mol. The summed E-state index contributed by atoms with van der Waals surface area (Å²) in [4.78, 5) is 18.5. The minimum absolute atomic E-state index is 0. The predicted octanol–water partition coefficient (Wildman–Crippen LogP) is 4.61. The Hall–Kier alpha value is -1.30. The van der Waals surface area contributed by atoms with E-state index in [4.69, 9.17) is 4.74 Å². The molecule has 160 valence electrons. The van der Waals surface area contributed by atoms with Gasteiger partial charge in [-0.2, -0.15) is 0 Å². The van der Waals surface area contributed by atoms with Gasteiger partial charge in [0.1, 0.15) is 0 Å². The molecule has 2 heterocycles. The number of aromatic amines is 1. The molecule has 5 nitrogen and oxygen atoms in total. The number of rotatable bonds is 5. The van der Waals surface area contributed by atoms with Gasteiger partial charge in [-0.15, -0.1) is 12.4 Å². The minimum atomic E-state index is 0. The lowest BCUT2D eigenvalue weighted by Crippen LogP contribution is -2.45. The number of hydrogen-bond acceptors (Lipinski definition) is 3. The second kappa shape index (κ2) is 8.83. The Kier molecular flexibility index (Phi) is 6.38. The molecule has 1 aromatic carbocycles. The highest BCUT2D eigenvalue weighted by Gasteiger charge is 2.31. The van der Waals surface area contributed by atoms with Crippen molar-refractivity contribution in [2.45, 2.75) is 82.4 Å². The van der Waals surface area contributed by atoms with Crippen LogP contribution >= 0.6 is 12.4 Å². The SMILES string of the molecule is CCO[C@H]1CC[C@H](N2CCC(n3c(=O)[nH]c4ccc(C5CC5)cc43)CC2)CC1.Cl. The molecule has 0 bridgehead atoms. The molecule has 2 aromatic rings. The van der Waals surface area contributed by atoms with Crippen molar-refractivity contribution in [1.29, 1.82) is 0 Å². The van der Waals surface area contributed by atoms with Gasteiger partial charge in [0, 0.05) is 31.8 Å². The van der Waals surface area contributed by atoms with Gasteiger partial charge in [0.05, 0.1) is 17.1 Å². The van der Waals surface area contributed by atoms with Gasteiger partial charge in [-0.05, 0) is 81.9 Å². The van der Waals surface area contributed by atoms with E-state index < -0.39 is 0 Å². The molecule has 1 aromatic heterocycles. The van der Waals surface area contributed by atoms with Crippen LogP contribution in [0.4, 0.5) is 0 Å². The summed E-state index contributed by atoms with van der Waals surface area (Å²) in [5, 5.41) is 0. The van der Waals surface area contributed by atoms with Crippen LogP contribution < -0.4 is 5.69 Å². The molecule has 0 unspecified atom stereocenters. The van der Waals surface area contributed by atoms with Crippen LogP contribution in [0.5, 0.6) is 0 Å². The zero-order valence-electron chi connectivity index (χ0n) is 17.4. The van der Waals surface area contributed by atoms with Gasteiger partial charge in [-0.3, -0.25) is 4.57 Å². The molecule has 0 atom stereocenters. The Morgan fingerprint density at radius 1 is 1.00 bits per heavy atom. The van der Waals surface area contributed by atoms with Crippen molar-refractivity contribution >= 4 is 23.4 Å². The molecule has 3 aliphatic rings. The fourth-order valence-electron chi connectivity index (χ4n) is 5.49. The molecule has 2 saturated carbocycles. The van der Waals surface area contributed by atoms with Crippen LogP contribution in [0.25, 0.3) is 11.0 Å². The molecule has 0 spiro atoms. The number of fused-ring (bicyclic) bond motifs is 1. The largest absolute Gasteiger partial charge is 0.379 e. The summed E-state index contributed by atoms with van der Waals surface area (Å²) in [6.07, 6.45) is 10.1.